The number of anilines is 1. The highest BCUT2D eigenvalue weighted by molar-refractivity contribution is 6.39. The lowest BCUT2D eigenvalue weighted by atomic mass is 9.98. The third-order valence-corrected chi connectivity index (χ3v) is 4.19. The zero-order valence-corrected chi connectivity index (χ0v) is 13.8. The predicted molar refractivity (Wildman–Crippen MR) is 87.4 cm³/mol. The van der Waals surface area contributed by atoms with Crippen molar-refractivity contribution in [2.24, 2.45) is 0 Å². The minimum absolute atomic E-state index is 0.0184. The Bertz CT molecular complexity index is 756. The quantitative estimate of drug-likeness (QED) is 0.852. The lowest BCUT2D eigenvalue weighted by molar-refractivity contribution is -0.144. The number of piperidine rings is 1. The van der Waals surface area contributed by atoms with Crippen LogP contribution in [0.4, 0.5) is 5.69 Å². The molecule has 0 aliphatic carbocycles. The normalized spacial score (nSPS) is 17.6. The molecule has 0 radical (unpaired) electrons. The monoisotopic (exact) mass is 328 g/mol. The van der Waals surface area contributed by atoms with Gasteiger partial charge in [-0.1, -0.05) is 23.4 Å². The first kappa shape index (κ1) is 16.2. The molecule has 1 aromatic heterocycles. The van der Waals surface area contributed by atoms with E-state index in [1.165, 1.54) is 0 Å². The van der Waals surface area contributed by atoms with Crippen molar-refractivity contribution in [1.29, 1.82) is 0 Å². The highest BCUT2D eigenvalue weighted by Crippen LogP contribution is 2.26. The van der Waals surface area contributed by atoms with Crippen molar-refractivity contribution in [3.63, 3.8) is 0 Å². The second kappa shape index (κ2) is 6.82. The zero-order valence-electron chi connectivity index (χ0n) is 13.8. The van der Waals surface area contributed by atoms with E-state index in [0.717, 1.165) is 18.4 Å². The summed E-state index contributed by atoms with van der Waals surface area (Å²) < 4.78 is 5.20. The van der Waals surface area contributed by atoms with E-state index in [-0.39, 0.29) is 5.92 Å². The Hall–Kier alpha value is -2.70. The van der Waals surface area contributed by atoms with Crippen LogP contribution in [-0.4, -0.2) is 39.9 Å². The molecule has 1 saturated heterocycles. The van der Waals surface area contributed by atoms with Gasteiger partial charge >= 0.3 is 11.8 Å². The Labute approximate surface area is 140 Å². The standard InChI is InChI=1S/C17H20N4O3/c1-11-6-3-4-8-14(11)19-15(22)17(23)21-9-5-7-13(10-21)16-18-12(2)20-24-16/h3-4,6,8,13H,5,7,9-10H2,1-2H3,(H,19,22)/t13-/m0/s1. The van der Waals surface area contributed by atoms with Crippen molar-refractivity contribution in [3.8, 4) is 0 Å². The fourth-order valence-corrected chi connectivity index (χ4v) is 2.87. The van der Waals surface area contributed by atoms with Gasteiger partial charge in [-0.3, -0.25) is 9.59 Å². The molecule has 2 aromatic rings. The smallest absolute Gasteiger partial charge is 0.313 e. The van der Waals surface area contributed by atoms with E-state index in [9.17, 15) is 9.59 Å². The molecule has 1 atom stereocenters. The van der Waals surface area contributed by atoms with E-state index >= 15 is 0 Å². The highest BCUT2D eigenvalue weighted by atomic mass is 16.5. The average Bonchev–Trinajstić information content (AvgIpc) is 3.03. The largest absolute Gasteiger partial charge is 0.339 e. The van der Waals surface area contributed by atoms with Gasteiger partial charge in [0.2, 0.25) is 5.89 Å². The lowest BCUT2D eigenvalue weighted by Crippen LogP contribution is -2.44. The number of carbonyl (C=O) groups excluding carboxylic acids is 2. The second-order valence-electron chi connectivity index (χ2n) is 6.04. The molecule has 1 aliphatic rings. The molecule has 3 rings (SSSR count). The SMILES string of the molecule is Cc1noc([C@H]2CCCN(C(=O)C(=O)Nc3ccccc3C)C2)n1. The van der Waals surface area contributed by atoms with Crippen molar-refractivity contribution >= 4 is 17.5 Å². The molecule has 7 nitrogen and oxygen atoms in total. The summed E-state index contributed by atoms with van der Waals surface area (Å²) in [4.78, 5) is 30.5. The Morgan fingerprint density at radius 2 is 2.08 bits per heavy atom. The minimum atomic E-state index is -0.619. The number of para-hydroxylation sites is 1. The van der Waals surface area contributed by atoms with Gasteiger partial charge in [0.05, 0.1) is 5.92 Å². The molecule has 1 fully saturated rings. The van der Waals surface area contributed by atoms with Crippen LogP contribution in [0.1, 0.15) is 36.0 Å². The molecular formula is C17H20N4O3. The molecule has 0 saturated carbocycles. The number of rotatable bonds is 2. The molecule has 1 aliphatic heterocycles. The highest BCUT2D eigenvalue weighted by Gasteiger charge is 2.31. The zero-order chi connectivity index (χ0) is 17.1. The summed E-state index contributed by atoms with van der Waals surface area (Å²) in [5.74, 6) is -0.0592. The maximum absolute atomic E-state index is 12.4. The number of hydrogen-bond acceptors (Lipinski definition) is 5. The number of hydrogen-bond donors (Lipinski definition) is 1. The molecule has 0 unspecified atom stereocenters. The first-order valence-corrected chi connectivity index (χ1v) is 8.00. The Kier molecular flexibility index (Phi) is 4.59. The summed E-state index contributed by atoms with van der Waals surface area (Å²) in [6.45, 7) is 4.62. The average molecular weight is 328 g/mol. The van der Waals surface area contributed by atoms with Crippen molar-refractivity contribution in [1.82, 2.24) is 15.0 Å². The first-order chi connectivity index (χ1) is 11.5. The van der Waals surface area contributed by atoms with Crippen molar-refractivity contribution in [2.75, 3.05) is 18.4 Å². The number of aromatic nitrogens is 2. The van der Waals surface area contributed by atoms with Crippen LogP contribution in [0.25, 0.3) is 0 Å². The summed E-state index contributed by atoms with van der Waals surface area (Å²) >= 11 is 0. The fourth-order valence-electron chi connectivity index (χ4n) is 2.87. The van der Waals surface area contributed by atoms with Crippen molar-refractivity contribution in [2.45, 2.75) is 32.6 Å². The molecule has 2 heterocycles. The van der Waals surface area contributed by atoms with Gasteiger partial charge in [0.25, 0.3) is 0 Å². The summed E-state index contributed by atoms with van der Waals surface area (Å²) in [6.07, 6.45) is 1.67. The molecule has 24 heavy (non-hydrogen) atoms. The van der Waals surface area contributed by atoms with E-state index in [0.29, 0.717) is 30.5 Å². The van der Waals surface area contributed by atoms with E-state index in [4.69, 9.17) is 4.52 Å². The van der Waals surface area contributed by atoms with Crippen LogP contribution in [0, 0.1) is 13.8 Å². The number of carbonyl (C=O) groups is 2. The third-order valence-electron chi connectivity index (χ3n) is 4.19. The van der Waals surface area contributed by atoms with Gasteiger partial charge in [-0.25, -0.2) is 0 Å². The van der Waals surface area contributed by atoms with Crippen LogP contribution in [0.3, 0.4) is 0 Å². The Morgan fingerprint density at radius 1 is 1.29 bits per heavy atom. The predicted octanol–water partition coefficient (Wildman–Crippen LogP) is 2.03. The van der Waals surface area contributed by atoms with Crippen molar-refractivity contribution < 1.29 is 14.1 Å². The van der Waals surface area contributed by atoms with Gasteiger partial charge in [0.1, 0.15) is 0 Å². The van der Waals surface area contributed by atoms with Crippen LogP contribution < -0.4 is 5.32 Å². The maximum atomic E-state index is 12.4. The first-order valence-electron chi connectivity index (χ1n) is 8.00. The Balaban J connectivity index is 1.65. The number of aryl methyl sites for hydroxylation is 2. The molecule has 126 valence electrons. The molecule has 0 spiro atoms. The molecule has 0 bridgehead atoms. The van der Waals surface area contributed by atoms with Crippen molar-refractivity contribution in [3.05, 3.63) is 41.5 Å². The molecular weight excluding hydrogens is 308 g/mol. The Morgan fingerprint density at radius 3 is 2.79 bits per heavy atom. The summed E-state index contributed by atoms with van der Waals surface area (Å²) in [5.41, 5.74) is 1.56. The number of amides is 2. The molecule has 2 amide bonds. The van der Waals surface area contributed by atoms with Crippen LogP contribution >= 0.6 is 0 Å². The minimum Gasteiger partial charge on any atom is -0.339 e. The third kappa shape index (κ3) is 3.45. The van der Waals surface area contributed by atoms with Gasteiger partial charge in [0, 0.05) is 18.8 Å². The van der Waals surface area contributed by atoms with Crippen LogP contribution in [0.5, 0.6) is 0 Å². The van der Waals surface area contributed by atoms with Crippen LogP contribution in [0.2, 0.25) is 0 Å². The number of benzene rings is 1. The van der Waals surface area contributed by atoms with Gasteiger partial charge < -0.3 is 14.7 Å². The fraction of sp³-hybridized carbons (Fsp3) is 0.412. The number of nitrogens with zero attached hydrogens (tertiary/aromatic N) is 3. The van der Waals surface area contributed by atoms with Gasteiger partial charge in [-0.15, -0.1) is 0 Å². The van der Waals surface area contributed by atoms with Gasteiger partial charge in [0.15, 0.2) is 5.82 Å². The molecule has 1 N–H and O–H groups in total. The summed E-state index contributed by atoms with van der Waals surface area (Å²) in [5, 5.41) is 6.48. The van der Waals surface area contributed by atoms with E-state index in [1.54, 1.807) is 17.9 Å². The van der Waals surface area contributed by atoms with E-state index < -0.39 is 11.8 Å². The topological polar surface area (TPSA) is 88.3 Å². The van der Waals surface area contributed by atoms with Crippen LogP contribution in [-0.2, 0) is 9.59 Å². The lowest BCUT2D eigenvalue weighted by Gasteiger charge is -2.30. The maximum Gasteiger partial charge on any atom is 0.313 e. The second-order valence-corrected chi connectivity index (χ2v) is 6.04. The summed E-state index contributed by atoms with van der Waals surface area (Å²) in [7, 11) is 0. The number of nitrogens with one attached hydrogen (secondary N) is 1. The van der Waals surface area contributed by atoms with Gasteiger partial charge in [-0.2, -0.15) is 4.98 Å². The molecule has 1 aromatic carbocycles. The van der Waals surface area contributed by atoms with E-state index in [1.807, 2.05) is 25.1 Å². The number of likely N-dealkylation sites (tertiary alicyclic amines) is 1. The van der Waals surface area contributed by atoms with E-state index in [2.05, 4.69) is 15.5 Å². The van der Waals surface area contributed by atoms with Crippen LogP contribution in [0.15, 0.2) is 28.8 Å². The molecule has 7 heteroatoms. The summed E-state index contributed by atoms with van der Waals surface area (Å²) in [6, 6.07) is 7.37. The van der Waals surface area contributed by atoms with Gasteiger partial charge in [-0.05, 0) is 38.3 Å².